The second-order valence-corrected chi connectivity index (χ2v) is 7.82. The zero-order chi connectivity index (χ0) is 20.2. The minimum atomic E-state index is -0.780. The van der Waals surface area contributed by atoms with E-state index in [-0.39, 0.29) is 17.2 Å². The first-order chi connectivity index (χ1) is 12.5. The number of aromatic nitrogens is 2. The Labute approximate surface area is 159 Å². The van der Waals surface area contributed by atoms with Crippen LogP contribution in [0.2, 0.25) is 0 Å². The molecule has 2 aromatic rings. The Morgan fingerprint density at radius 1 is 1.07 bits per heavy atom. The topological polar surface area (TPSA) is 97.1 Å². The van der Waals surface area contributed by atoms with E-state index in [9.17, 15) is 9.59 Å². The van der Waals surface area contributed by atoms with Crippen LogP contribution in [0.5, 0.6) is 0 Å². The summed E-state index contributed by atoms with van der Waals surface area (Å²) in [4.78, 5) is 28.2. The monoisotopic (exact) mass is 370 g/mol. The van der Waals surface area contributed by atoms with Gasteiger partial charge in [0, 0.05) is 24.1 Å². The molecular weight excluding hydrogens is 344 g/mol. The summed E-state index contributed by atoms with van der Waals surface area (Å²) in [5, 5.41) is 9.43. The quantitative estimate of drug-likeness (QED) is 0.789. The van der Waals surface area contributed by atoms with Crippen LogP contribution in [0, 0.1) is 0 Å². The van der Waals surface area contributed by atoms with Crippen LogP contribution in [0.4, 0.5) is 0 Å². The Kier molecular flexibility index (Phi) is 5.83. The van der Waals surface area contributed by atoms with Gasteiger partial charge in [-0.25, -0.2) is 0 Å². The number of hydrogen-bond acceptors (Lipinski definition) is 5. The van der Waals surface area contributed by atoms with Gasteiger partial charge in [-0.05, 0) is 37.6 Å². The first-order valence-electron chi connectivity index (χ1n) is 8.70. The molecule has 0 aliphatic heterocycles. The second kappa shape index (κ2) is 7.73. The van der Waals surface area contributed by atoms with Crippen LogP contribution in [-0.4, -0.2) is 29.0 Å². The van der Waals surface area contributed by atoms with Crippen LogP contribution in [0.3, 0.4) is 0 Å². The standard InChI is InChI=1S/C20H26N4O3/c1-19(2,3)18-22-17(24-27-18)20(4,5)23-15(25)12-9-13-7-10-14(11-8-13)16(26)21-6/h7-12H,1-6H3,(H,21,26)(H,23,25)/b12-9+. The maximum Gasteiger partial charge on any atom is 0.251 e. The minimum Gasteiger partial charge on any atom is -0.355 e. The second-order valence-electron chi connectivity index (χ2n) is 7.82. The molecule has 0 unspecified atom stereocenters. The van der Waals surface area contributed by atoms with Crippen LogP contribution in [0.25, 0.3) is 6.08 Å². The van der Waals surface area contributed by atoms with Crippen LogP contribution >= 0.6 is 0 Å². The molecular formula is C20H26N4O3. The summed E-state index contributed by atoms with van der Waals surface area (Å²) in [7, 11) is 1.58. The van der Waals surface area contributed by atoms with Crippen molar-refractivity contribution < 1.29 is 14.1 Å². The Bertz CT molecular complexity index is 843. The Balaban J connectivity index is 2.04. The van der Waals surface area contributed by atoms with Crippen molar-refractivity contribution >= 4 is 17.9 Å². The number of hydrogen-bond donors (Lipinski definition) is 2. The predicted molar refractivity (Wildman–Crippen MR) is 103 cm³/mol. The lowest BCUT2D eigenvalue weighted by Crippen LogP contribution is -2.41. The van der Waals surface area contributed by atoms with E-state index in [0.717, 1.165) is 5.56 Å². The third kappa shape index (κ3) is 5.26. The first kappa shape index (κ1) is 20.4. The highest BCUT2D eigenvalue weighted by molar-refractivity contribution is 5.95. The van der Waals surface area contributed by atoms with E-state index in [1.807, 2.05) is 34.6 Å². The van der Waals surface area contributed by atoms with Crippen molar-refractivity contribution in [3.63, 3.8) is 0 Å². The molecule has 7 heteroatoms. The van der Waals surface area contributed by atoms with E-state index >= 15 is 0 Å². The third-order valence-electron chi connectivity index (χ3n) is 3.89. The van der Waals surface area contributed by atoms with Gasteiger partial charge in [0.25, 0.3) is 5.91 Å². The van der Waals surface area contributed by atoms with Gasteiger partial charge in [-0.3, -0.25) is 9.59 Å². The summed E-state index contributed by atoms with van der Waals surface area (Å²) in [5.41, 5.74) is 0.334. The van der Waals surface area contributed by atoms with E-state index in [1.165, 1.54) is 6.08 Å². The lowest BCUT2D eigenvalue weighted by atomic mass is 9.97. The van der Waals surface area contributed by atoms with Crippen molar-refractivity contribution in [2.24, 2.45) is 0 Å². The lowest BCUT2D eigenvalue weighted by Gasteiger charge is -2.21. The molecule has 27 heavy (non-hydrogen) atoms. The maximum absolute atomic E-state index is 12.3. The van der Waals surface area contributed by atoms with Gasteiger partial charge in [0.05, 0.1) is 5.54 Å². The fraction of sp³-hybridized carbons (Fsp3) is 0.400. The van der Waals surface area contributed by atoms with Crippen LogP contribution in [-0.2, 0) is 15.7 Å². The molecule has 0 fully saturated rings. The average Bonchev–Trinajstić information content (AvgIpc) is 3.11. The number of benzene rings is 1. The fourth-order valence-corrected chi connectivity index (χ4v) is 2.25. The summed E-state index contributed by atoms with van der Waals surface area (Å²) in [6.07, 6.45) is 3.11. The predicted octanol–water partition coefficient (Wildman–Crippen LogP) is 2.79. The Hall–Kier alpha value is -2.96. The third-order valence-corrected chi connectivity index (χ3v) is 3.89. The number of nitrogens with zero attached hydrogens (tertiary/aromatic N) is 2. The molecule has 1 aromatic heterocycles. The molecule has 0 saturated carbocycles. The Morgan fingerprint density at radius 2 is 1.70 bits per heavy atom. The van der Waals surface area contributed by atoms with E-state index < -0.39 is 5.54 Å². The smallest absolute Gasteiger partial charge is 0.251 e. The zero-order valence-corrected chi connectivity index (χ0v) is 16.6. The largest absolute Gasteiger partial charge is 0.355 e. The molecule has 1 aromatic carbocycles. The Morgan fingerprint density at radius 3 is 2.22 bits per heavy atom. The van der Waals surface area contributed by atoms with Gasteiger partial charge in [-0.2, -0.15) is 4.98 Å². The molecule has 2 rings (SSSR count). The van der Waals surface area contributed by atoms with Crippen molar-refractivity contribution in [1.82, 2.24) is 20.8 Å². The van der Waals surface area contributed by atoms with Gasteiger partial charge in [-0.15, -0.1) is 0 Å². The van der Waals surface area contributed by atoms with E-state index in [2.05, 4.69) is 20.8 Å². The number of nitrogens with one attached hydrogen (secondary N) is 2. The molecule has 0 radical (unpaired) electrons. The SMILES string of the molecule is CNC(=O)c1ccc(/C=C/C(=O)NC(C)(C)c2noc(C(C)(C)C)n2)cc1. The molecule has 0 aliphatic rings. The molecule has 2 amide bonds. The summed E-state index contributed by atoms with van der Waals surface area (Å²) >= 11 is 0. The van der Waals surface area contributed by atoms with Crippen LogP contribution in [0.1, 0.15) is 62.3 Å². The molecule has 2 N–H and O–H groups in total. The van der Waals surface area contributed by atoms with E-state index in [4.69, 9.17) is 4.52 Å². The normalized spacial score (nSPS) is 12.2. The molecule has 0 aliphatic carbocycles. The van der Waals surface area contributed by atoms with Gasteiger partial charge >= 0.3 is 0 Å². The highest BCUT2D eigenvalue weighted by atomic mass is 16.5. The highest BCUT2D eigenvalue weighted by Gasteiger charge is 2.30. The number of carbonyl (C=O) groups excluding carboxylic acids is 2. The van der Waals surface area contributed by atoms with Gasteiger partial charge < -0.3 is 15.2 Å². The van der Waals surface area contributed by atoms with Crippen LogP contribution in [0.15, 0.2) is 34.9 Å². The molecule has 0 spiro atoms. The van der Waals surface area contributed by atoms with Crippen LogP contribution < -0.4 is 10.6 Å². The zero-order valence-electron chi connectivity index (χ0n) is 16.6. The fourth-order valence-electron chi connectivity index (χ4n) is 2.25. The number of carbonyl (C=O) groups is 2. The summed E-state index contributed by atoms with van der Waals surface area (Å²) in [5.74, 6) is 0.507. The van der Waals surface area contributed by atoms with Crippen molar-refractivity contribution in [3.05, 3.63) is 53.2 Å². The van der Waals surface area contributed by atoms with Crippen molar-refractivity contribution in [2.75, 3.05) is 7.05 Å². The molecule has 1 heterocycles. The number of amides is 2. The van der Waals surface area contributed by atoms with Crippen molar-refractivity contribution in [3.8, 4) is 0 Å². The van der Waals surface area contributed by atoms with E-state index in [0.29, 0.717) is 17.3 Å². The molecule has 0 bridgehead atoms. The summed E-state index contributed by atoms with van der Waals surface area (Å²) < 4.78 is 5.30. The van der Waals surface area contributed by atoms with Gasteiger partial charge in [-0.1, -0.05) is 38.1 Å². The maximum atomic E-state index is 12.3. The molecule has 0 atom stereocenters. The summed E-state index contributed by atoms with van der Waals surface area (Å²) in [6, 6.07) is 6.95. The minimum absolute atomic E-state index is 0.153. The molecule has 0 saturated heterocycles. The van der Waals surface area contributed by atoms with Crippen molar-refractivity contribution in [1.29, 1.82) is 0 Å². The highest BCUT2D eigenvalue weighted by Crippen LogP contribution is 2.23. The number of rotatable bonds is 5. The van der Waals surface area contributed by atoms with E-state index in [1.54, 1.807) is 37.4 Å². The first-order valence-corrected chi connectivity index (χ1v) is 8.70. The molecule has 144 valence electrons. The average molecular weight is 370 g/mol. The summed E-state index contributed by atoms with van der Waals surface area (Å²) in [6.45, 7) is 9.57. The van der Waals surface area contributed by atoms with Crippen molar-refractivity contribution in [2.45, 2.75) is 45.6 Å². The van der Waals surface area contributed by atoms with Gasteiger partial charge in [0.15, 0.2) is 5.82 Å². The van der Waals surface area contributed by atoms with Gasteiger partial charge in [0.1, 0.15) is 0 Å². The lowest BCUT2D eigenvalue weighted by molar-refractivity contribution is -0.118. The molecule has 7 nitrogen and oxygen atoms in total. The van der Waals surface area contributed by atoms with Gasteiger partial charge in [0.2, 0.25) is 11.8 Å².